The summed E-state index contributed by atoms with van der Waals surface area (Å²) in [6, 6.07) is 7.51. The second-order valence-electron chi connectivity index (χ2n) is 6.08. The summed E-state index contributed by atoms with van der Waals surface area (Å²) in [5, 5.41) is 3.10. The zero-order valence-electron chi connectivity index (χ0n) is 13.0. The van der Waals surface area contributed by atoms with Crippen LogP contribution in [0.25, 0.3) is 0 Å². The van der Waals surface area contributed by atoms with E-state index in [-0.39, 0.29) is 24.4 Å². The Morgan fingerprint density at radius 3 is 2.33 bits per heavy atom. The minimum Gasteiger partial charge on any atom is -0.352 e. The monoisotopic (exact) mass is 310 g/mol. The fourth-order valence-electron chi connectivity index (χ4n) is 2.99. The summed E-state index contributed by atoms with van der Waals surface area (Å²) >= 11 is 0. The SMILES string of the molecule is Cc1ccc(C(N)C(=O)NC(C)C2CCCCC2)cc1.Cl. The zero-order valence-corrected chi connectivity index (χ0v) is 13.8. The average Bonchev–Trinajstić information content (AvgIpc) is 2.48. The van der Waals surface area contributed by atoms with Crippen molar-refractivity contribution in [2.45, 2.75) is 58.0 Å². The van der Waals surface area contributed by atoms with Gasteiger partial charge in [0.05, 0.1) is 0 Å². The van der Waals surface area contributed by atoms with Gasteiger partial charge in [0.15, 0.2) is 0 Å². The molecule has 0 aromatic heterocycles. The molecule has 0 heterocycles. The lowest BCUT2D eigenvalue weighted by molar-refractivity contribution is -0.123. The van der Waals surface area contributed by atoms with Crippen LogP contribution >= 0.6 is 12.4 Å². The van der Waals surface area contributed by atoms with Crippen LogP contribution in [0.15, 0.2) is 24.3 Å². The Bertz CT molecular complexity index is 441. The Morgan fingerprint density at radius 1 is 1.19 bits per heavy atom. The van der Waals surface area contributed by atoms with E-state index < -0.39 is 6.04 Å². The molecule has 3 nitrogen and oxygen atoms in total. The molecule has 21 heavy (non-hydrogen) atoms. The first-order valence-corrected chi connectivity index (χ1v) is 7.70. The highest BCUT2D eigenvalue weighted by atomic mass is 35.5. The van der Waals surface area contributed by atoms with Crippen LogP contribution in [-0.2, 0) is 4.79 Å². The Labute approximate surface area is 134 Å². The summed E-state index contributed by atoms with van der Waals surface area (Å²) in [7, 11) is 0. The van der Waals surface area contributed by atoms with E-state index in [0.717, 1.165) is 5.56 Å². The molecule has 1 amide bonds. The maximum Gasteiger partial charge on any atom is 0.241 e. The van der Waals surface area contributed by atoms with Gasteiger partial charge in [-0.15, -0.1) is 12.4 Å². The van der Waals surface area contributed by atoms with Gasteiger partial charge in [-0.05, 0) is 38.2 Å². The quantitative estimate of drug-likeness (QED) is 0.894. The van der Waals surface area contributed by atoms with Gasteiger partial charge in [-0.3, -0.25) is 4.79 Å². The van der Waals surface area contributed by atoms with Gasteiger partial charge in [0.2, 0.25) is 5.91 Å². The topological polar surface area (TPSA) is 55.1 Å². The van der Waals surface area contributed by atoms with E-state index in [9.17, 15) is 4.79 Å². The molecule has 118 valence electrons. The van der Waals surface area contributed by atoms with Crippen molar-refractivity contribution in [3.05, 3.63) is 35.4 Å². The lowest BCUT2D eigenvalue weighted by Gasteiger charge is -2.29. The maximum absolute atomic E-state index is 12.2. The number of hydrogen-bond acceptors (Lipinski definition) is 2. The first-order valence-electron chi connectivity index (χ1n) is 7.70. The Morgan fingerprint density at radius 2 is 1.76 bits per heavy atom. The number of carbonyl (C=O) groups excluding carboxylic acids is 1. The molecule has 1 fully saturated rings. The predicted molar refractivity (Wildman–Crippen MR) is 89.5 cm³/mol. The van der Waals surface area contributed by atoms with Gasteiger partial charge < -0.3 is 11.1 Å². The first kappa shape index (κ1) is 18.0. The van der Waals surface area contributed by atoms with E-state index >= 15 is 0 Å². The van der Waals surface area contributed by atoms with Gasteiger partial charge in [-0.2, -0.15) is 0 Å². The molecule has 1 aromatic carbocycles. The van der Waals surface area contributed by atoms with Crippen LogP contribution in [0.2, 0.25) is 0 Å². The number of nitrogens with two attached hydrogens (primary N) is 1. The fourth-order valence-corrected chi connectivity index (χ4v) is 2.99. The fraction of sp³-hybridized carbons (Fsp3) is 0.588. The van der Waals surface area contributed by atoms with Crippen LogP contribution in [0.1, 0.15) is 56.2 Å². The highest BCUT2D eigenvalue weighted by Crippen LogP contribution is 2.26. The van der Waals surface area contributed by atoms with E-state index in [1.165, 1.54) is 37.7 Å². The molecule has 0 radical (unpaired) electrons. The molecule has 1 aliphatic carbocycles. The molecule has 1 aliphatic rings. The molecule has 1 saturated carbocycles. The van der Waals surface area contributed by atoms with Gasteiger partial charge >= 0.3 is 0 Å². The highest BCUT2D eigenvalue weighted by molar-refractivity contribution is 5.85. The molecular formula is C17H27ClN2O. The summed E-state index contributed by atoms with van der Waals surface area (Å²) in [5.74, 6) is 0.546. The van der Waals surface area contributed by atoms with E-state index in [0.29, 0.717) is 5.92 Å². The number of carbonyl (C=O) groups is 1. The second-order valence-corrected chi connectivity index (χ2v) is 6.08. The minimum absolute atomic E-state index is 0. The van der Waals surface area contributed by atoms with E-state index in [1.807, 2.05) is 31.2 Å². The third-order valence-electron chi connectivity index (χ3n) is 4.45. The number of amides is 1. The normalized spacial score (nSPS) is 18.4. The van der Waals surface area contributed by atoms with Gasteiger partial charge in [-0.1, -0.05) is 49.1 Å². The Hall–Kier alpha value is -1.06. The number of hydrogen-bond donors (Lipinski definition) is 2. The summed E-state index contributed by atoms with van der Waals surface area (Å²) in [5.41, 5.74) is 8.11. The van der Waals surface area contributed by atoms with Crippen LogP contribution in [0, 0.1) is 12.8 Å². The molecule has 0 aliphatic heterocycles. The highest BCUT2D eigenvalue weighted by Gasteiger charge is 2.24. The molecule has 3 N–H and O–H groups in total. The Balaban J connectivity index is 0.00000220. The van der Waals surface area contributed by atoms with Crippen molar-refractivity contribution in [1.82, 2.24) is 5.32 Å². The van der Waals surface area contributed by atoms with E-state index in [1.54, 1.807) is 0 Å². The van der Waals surface area contributed by atoms with Gasteiger partial charge in [0.25, 0.3) is 0 Å². The molecule has 2 atom stereocenters. The number of benzene rings is 1. The summed E-state index contributed by atoms with van der Waals surface area (Å²) in [6.07, 6.45) is 6.35. The molecule has 0 spiro atoms. The second kappa shape index (κ2) is 8.40. The third kappa shape index (κ3) is 5.01. The van der Waals surface area contributed by atoms with Gasteiger partial charge in [0.1, 0.15) is 6.04 Å². The molecular weight excluding hydrogens is 284 g/mol. The zero-order chi connectivity index (χ0) is 14.5. The molecule has 2 unspecified atom stereocenters. The predicted octanol–water partition coefficient (Wildman–Crippen LogP) is 3.50. The maximum atomic E-state index is 12.2. The average molecular weight is 311 g/mol. The van der Waals surface area contributed by atoms with Crippen LogP contribution in [0.4, 0.5) is 0 Å². The smallest absolute Gasteiger partial charge is 0.241 e. The van der Waals surface area contributed by atoms with Crippen molar-refractivity contribution in [3.8, 4) is 0 Å². The van der Waals surface area contributed by atoms with Crippen LogP contribution in [-0.4, -0.2) is 11.9 Å². The summed E-state index contributed by atoms with van der Waals surface area (Å²) in [4.78, 5) is 12.2. The third-order valence-corrected chi connectivity index (χ3v) is 4.45. The molecule has 2 rings (SSSR count). The lowest BCUT2D eigenvalue weighted by atomic mass is 9.84. The Kier molecular flexibility index (Phi) is 7.20. The van der Waals surface area contributed by atoms with Gasteiger partial charge in [-0.25, -0.2) is 0 Å². The van der Waals surface area contributed by atoms with E-state index in [2.05, 4.69) is 12.2 Å². The van der Waals surface area contributed by atoms with Crippen molar-refractivity contribution in [1.29, 1.82) is 0 Å². The van der Waals surface area contributed by atoms with Crippen molar-refractivity contribution in [2.75, 3.05) is 0 Å². The van der Waals surface area contributed by atoms with Gasteiger partial charge in [0, 0.05) is 6.04 Å². The molecule has 1 aromatic rings. The molecule has 0 saturated heterocycles. The van der Waals surface area contributed by atoms with Crippen molar-refractivity contribution in [3.63, 3.8) is 0 Å². The van der Waals surface area contributed by atoms with Crippen LogP contribution in [0.5, 0.6) is 0 Å². The number of aryl methyl sites for hydroxylation is 1. The van der Waals surface area contributed by atoms with E-state index in [4.69, 9.17) is 5.73 Å². The standard InChI is InChI=1S/C17H26N2O.ClH/c1-12-8-10-15(11-9-12)16(18)17(20)19-13(2)14-6-4-3-5-7-14;/h8-11,13-14,16H,3-7,18H2,1-2H3,(H,19,20);1H. The minimum atomic E-state index is -0.568. The van der Waals surface area contributed by atoms with Crippen LogP contribution < -0.4 is 11.1 Å². The summed E-state index contributed by atoms with van der Waals surface area (Å²) < 4.78 is 0. The molecule has 4 heteroatoms. The first-order chi connectivity index (χ1) is 9.58. The van der Waals surface area contributed by atoms with Crippen molar-refractivity contribution < 1.29 is 4.79 Å². The largest absolute Gasteiger partial charge is 0.352 e. The number of halogens is 1. The van der Waals surface area contributed by atoms with Crippen LogP contribution in [0.3, 0.4) is 0 Å². The molecule has 0 bridgehead atoms. The number of nitrogens with one attached hydrogen (secondary N) is 1. The summed E-state index contributed by atoms with van der Waals surface area (Å²) in [6.45, 7) is 4.14. The van der Waals surface area contributed by atoms with Crippen molar-refractivity contribution >= 4 is 18.3 Å². The van der Waals surface area contributed by atoms with Crippen molar-refractivity contribution in [2.24, 2.45) is 11.7 Å². The number of rotatable bonds is 4. The lowest BCUT2D eigenvalue weighted by Crippen LogP contribution is -2.43.